The highest BCUT2D eigenvalue weighted by Gasteiger charge is 2.17. The Morgan fingerprint density at radius 3 is 1.56 bits per heavy atom. The van der Waals surface area contributed by atoms with Crippen LogP contribution in [0, 0.1) is 19.8 Å². The number of aliphatic hydroxyl groups is 4. The molecule has 0 aromatic heterocycles. The third-order valence-electron chi connectivity index (χ3n) is 8.98. The van der Waals surface area contributed by atoms with Gasteiger partial charge in [-0.15, -0.1) is 0 Å². The molecule has 5 N–H and O–H groups in total. The predicted octanol–water partition coefficient (Wildman–Crippen LogP) is 6.43. The van der Waals surface area contributed by atoms with Gasteiger partial charge in [0.05, 0.1) is 43.5 Å². The molecule has 4 rings (SSSR count). The fourth-order valence-electron chi connectivity index (χ4n) is 5.70. The van der Waals surface area contributed by atoms with E-state index in [-0.39, 0.29) is 39.0 Å². The highest BCUT2D eigenvalue weighted by atomic mass is 35.5. The van der Waals surface area contributed by atoms with Gasteiger partial charge in [0.2, 0.25) is 0 Å². The summed E-state index contributed by atoms with van der Waals surface area (Å²) in [6.45, 7) is 4.55. The summed E-state index contributed by atoms with van der Waals surface area (Å²) in [7, 11) is 3.16. The molecule has 0 spiro atoms. The van der Waals surface area contributed by atoms with Crippen LogP contribution in [-0.4, -0.2) is 67.1 Å². The van der Waals surface area contributed by atoms with Crippen LogP contribution in [0.4, 0.5) is 0 Å². The Labute approximate surface area is 304 Å². The van der Waals surface area contributed by atoms with Crippen LogP contribution in [0.15, 0.2) is 60.7 Å². The number of nitrogens with one attached hydrogen (secondary N) is 1. The first-order valence-electron chi connectivity index (χ1n) is 16.5. The third-order valence-corrected chi connectivity index (χ3v) is 9.57. The highest BCUT2D eigenvalue weighted by molar-refractivity contribution is 6.32. The molecule has 0 atom stereocenters. The van der Waals surface area contributed by atoms with Gasteiger partial charge in [-0.2, -0.15) is 0 Å². The van der Waals surface area contributed by atoms with Crippen molar-refractivity contribution >= 4 is 23.2 Å². The largest absolute Gasteiger partial charge is 0.496 e. The molecule has 0 aliphatic heterocycles. The van der Waals surface area contributed by atoms with E-state index < -0.39 is 6.04 Å². The average molecular weight is 729 g/mol. The first-order valence-corrected chi connectivity index (χ1v) is 17.3. The van der Waals surface area contributed by atoms with E-state index in [1.165, 1.54) is 0 Å². The van der Waals surface area contributed by atoms with Crippen molar-refractivity contribution in [1.29, 1.82) is 0 Å². The maximum absolute atomic E-state index is 9.43. The van der Waals surface area contributed by atoms with Crippen molar-refractivity contribution in [3.05, 3.63) is 104 Å². The Bertz CT molecular complexity index is 1580. The summed E-state index contributed by atoms with van der Waals surface area (Å²) in [6, 6.07) is 18.9. The van der Waals surface area contributed by atoms with Crippen LogP contribution in [0.2, 0.25) is 10.0 Å². The molecule has 4 aromatic rings. The number of benzene rings is 4. The molecule has 0 heterocycles. The van der Waals surface area contributed by atoms with Crippen LogP contribution in [-0.2, 0) is 26.2 Å². The van der Waals surface area contributed by atoms with Crippen LogP contribution >= 0.6 is 23.2 Å². The van der Waals surface area contributed by atoms with Gasteiger partial charge >= 0.3 is 0 Å². The molecule has 0 aliphatic rings. The zero-order chi connectivity index (χ0) is 36.2. The number of hydrogen-bond acceptors (Lipinski definition) is 9. The summed E-state index contributed by atoms with van der Waals surface area (Å²) in [4.78, 5) is 0. The molecule has 9 nitrogen and oxygen atoms in total. The zero-order valence-corrected chi connectivity index (χ0v) is 30.5. The summed E-state index contributed by atoms with van der Waals surface area (Å²) in [5.74, 6) is 2.01. The van der Waals surface area contributed by atoms with Crippen LogP contribution in [0.5, 0.6) is 23.0 Å². The molecule has 0 saturated heterocycles. The second-order valence-corrected chi connectivity index (χ2v) is 13.0. The normalized spacial score (nSPS) is 11.4. The van der Waals surface area contributed by atoms with E-state index in [1.54, 1.807) is 32.4 Å². The molecule has 0 fully saturated rings. The van der Waals surface area contributed by atoms with E-state index in [2.05, 4.69) is 31.3 Å². The number of ether oxygens (including phenoxy) is 4. The molecule has 50 heavy (non-hydrogen) atoms. The van der Waals surface area contributed by atoms with E-state index >= 15 is 0 Å². The van der Waals surface area contributed by atoms with Gasteiger partial charge in [-0.1, -0.05) is 59.6 Å². The minimum absolute atomic E-state index is 0.0806. The van der Waals surface area contributed by atoms with E-state index in [4.69, 9.17) is 42.1 Å². The van der Waals surface area contributed by atoms with Gasteiger partial charge < -0.3 is 44.7 Å². The Kier molecular flexibility index (Phi) is 15.1. The second-order valence-electron chi connectivity index (χ2n) is 12.2. The van der Waals surface area contributed by atoms with Crippen molar-refractivity contribution in [2.45, 2.75) is 52.5 Å². The lowest BCUT2D eigenvalue weighted by molar-refractivity contribution is 0.144. The third kappa shape index (κ3) is 9.82. The van der Waals surface area contributed by atoms with Crippen molar-refractivity contribution in [3.8, 4) is 34.1 Å². The SMILES string of the molecule is COc1cc(OCc2cccc(-c3cccc(COc4cc(OC)c(CNC(CO)CO)cc4Cl)c3C)c2C)c(Cl)cc1CCC(CO)CO. The van der Waals surface area contributed by atoms with E-state index in [0.29, 0.717) is 59.0 Å². The van der Waals surface area contributed by atoms with Gasteiger partial charge in [-0.25, -0.2) is 0 Å². The number of methoxy groups -OCH3 is 2. The standard InChI is InChI=1S/C39H47Cl2NO8/c1-24-28(22-49-38-15-36(47-3)27(13-34(38)40)12-11-26(18-43)19-44)7-5-9-32(24)33-10-6-8-29(25(33)2)23-50-39-16-37(48-4)30(14-35(39)41)17-42-31(20-45)21-46/h5-10,13-16,26,31,42-46H,11-12,17-23H2,1-4H3. The quantitative estimate of drug-likeness (QED) is 0.0742. The molecule has 4 aromatic carbocycles. The number of hydrogen-bond donors (Lipinski definition) is 5. The molecule has 0 bridgehead atoms. The predicted molar refractivity (Wildman–Crippen MR) is 197 cm³/mol. The lowest BCUT2D eigenvalue weighted by Gasteiger charge is -2.19. The maximum atomic E-state index is 9.43. The zero-order valence-electron chi connectivity index (χ0n) is 29.0. The average Bonchev–Trinajstić information content (AvgIpc) is 3.12. The van der Waals surface area contributed by atoms with Gasteiger partial charge in [-0.05, 0) is 77.8 Å². The van der Waals surface area contributed by atoms with Gasteiger partial charge in [0, 0.05) is 43.4 Å². The van der Waals surface area contributed by atoms with Crippen LogP contribution < -0.4 is 24.3 Å². The van der Waals surface area contributed by atoms with Crippen LogP contribution in [0.1, 0.15) is 39.8 Å². The fourth-order valence-corrected chi connectivity index (χ4v) is 6.18. The maximum Gasteiger partial charge on any atom is 0.142 e. The lowest BCUT2D eigenvalue weighted by Crippen LogP contribution is -2.35. The van der Waals surface area contributed by atoms with E-state index in [0.717, 1.165) is 44.5 Å². The van der Waals surface area contributed by atoms with E-state index in [9.17, 15) is 20.4 Å². The Hall–Kier alpha value is -3.54. The van der Waals surface area contributed by atoms with Gasteiger partial charge in [0.1, 0.15) is 36.2 Å². The smallest absolute Gasteiger partial charge is 0.142 e. The summed E-state index contributed by atoms with van der Waals surface area (Å²) < 4.78 is 23.6. The topological polar surface area (TPSA) is 130 Å². The van der Waals surface area contributed by atoms with Crippen molar-refractivity contribution in [1.82, 2.24) is 5.32 Å². The second kappa shape index (κ2) is 19.2. The van der Waals surface area contributed by atoms with Gasteiger partial charge in [-0.3, -0.25) is 0 Å². The van der Waals surface area contributed by atoms with Crippen LogP contribution in [0.3, 0.4) is 0 Å². The minimum atomic E-state index is -0.447. The first kappa shape index (κ1) is 39.2. The van der Waals surface area contributed by atoms with E-state index in [1.807, 2.05) is 30.3 Å². The number of aryl methyl sites for hydroxylation is 1. The number of aliphatic hydroxyl groups excluding tert-OH is 4. The number of halogens is 2. The molecule has 0 unspecified atom stereocenters. The monoisotopic (exact) mass is 727 g/mol. The first-order chi connectivity index (χ1) is 24.2. The molecule has 0 saturated carbocycles. The highest BCUT2D eigenvalue weighted by Crippen LogP contribution is 2.37. The minimum Gasteiger partial charge on any atom is -0.496 e. The Morgan fingerprint density at radius 1 is 0.620 bits per heavy atom. The Balaban J connectivity index is 1.49. The summed E-state index contributed by atoms with van der Waals surface area (Å²) in [6.07, 6.45) is 1.20. The molecular weight excluding hydrogens is 681 g/mol. The fraction of sp³-hybridized carbons (Fsp3) is 0.385. The van der Waals surface area contributed by atoms with Crippen molar-refractivity contribution < 1.29 is 39.4 Å². The van der Waals surface area contributed by atoms with Gasteiger partial charge in [0.15, 0.2) is 0 Å². The lowest BCUT2D eigenvalue weighted by atomic mass is 9.92. The molecule has 0 aliphatic carbocycles. The summed E-state index contributed by atoms with van der Waals surface area (Å²) >= 11 is 13.2. The summed E-state index contributed by atoms with van der Waals surface area (Å²) in [5, 5.41) is 41.5. The van der Waals surface area contributed by atoms with Crippen molar-refractivity contribution in [3.63, 3.8) is 0 Å². The molecular formula is C39H47Cl2NO8. The molecule has 0 amide bonds. The van der Waals surface area contributed by atoms with Crippen molar-refractivity contribution in [2.24, 2.45) is 5.92 Å². The molecule has 11 heteroatoms. The Morgan fingerprint density at radius 2 is 1.10 bits per heavy atom. The molecule has 270 valence electrons. The summed E-state index contributed by atoms with van der Waals surface area (Å²) in [5.41, 5.74) is 7.97. The van der Waals surface area contributed by atoms with Crippen molar-refractivity contribution in [2.75, 3.05) is 40.6 Å². The molecule has 0 radical (unpaired) electrons. The number of rotatable bonds is 19. The van der Waals surface area contributed by atoms with Gasteiger partial charge in [0.25, 0.3) is 0 Å². The van der Waals surface area contributed by atoms with Crippen LogP contribution in [0.25, 0.3) is 11.1 Å².